The van der Waals surface area contributed by atoms with Gasteiger partial charge in [-0.05, 0) is 37.1 Å². The van der Waals surface area contributed by atoms with Crippen molar-refractivity contribution >= 4 is 16.6 Å². The minimum Gasteiger partial charge on any atom is -0.280 e. The minimum atomic E-state index is -0.329. The number of nitrogens with zero attached hydrogens (tertiary/aromatic N) is 3. The van der Waals surface area contributed by atoms with Crippen LogP contribution < -0.4 is 0 Å². The number of benzene rings is 2. The van der Waals surface area contributed by atoms with Crippen LogP contribution in [-0.2, 0) is 0 Å². The van der Waals surface area contributed by atoms with Crippen molar-refractivity contribution in [2.75, 3.05) is 0 Å². The van der Waals surface area contributed by atoms with E-state index < -0.39 is 0 Å². The summed E-state index contributed by atoms with van der Waals surface area (Å²) in [5, 5.41) is 10.4. The third kappa shape index (κ3) is 2.40. The second-order valence-corrected chi connectivity index (χ2v) is 6.87. The monoisotopic (exact) mass is 343 g/mol. The Kier molecular flexibility index (Phi) is 3.81. The van der Waals surface area contributed by atoms with Gasteiger partial charge in [-0.3, -0.25) is 9.98 Å². The zero-order chi connectivity index (χ0) is 18.4. The summed E-state index contributed by atoms with van der Waals surface area (Å²) in [6.45, 7) is 6.13. The Morgan fingerprint density at radius 1 is 1.15 bits per heavy atom. The number of hydrogen-bond acceptors (Lipinski definition) is 3. The van der Waals surface area contributed by atoms with Gasteiger partial charge in [-0.15, -0.1) is 0 Å². The van der Waals surface area contributed by atoms with Gasteiger partial charge < -0.3 is 0 Å². The number of aryl methyl sites for hydroxylation is 1. The molecule has 2 heterocycles. The minimum absolute atomic E-state index is 0.0506. The Balaban J connectivity index is 1.96. The largest absolute Gasteiger partial charge is 0.280 e. The first-order valence-electron chi connectivity index (χ1n) is 8.67. The lowest BCUT2D eigenvalue weighted by Crippen LogP contribution is -2.24. The highest BCUT2D eigenvalue weighted by Crippen LogP contribution is 2.36. The second-order valence-electron chi connectivity index (χ2n) is 6.87. The topological polar surface area (TPSA) is 49.0 Å². The molecule has 4 heteroatoms. The van der Waals surface area contributed by atoms with Crippen LogP contribution >= 0.6 is 0 Å². The van der Waals surface area contributed by atoms with E-state index in [4.69, 9.17) is 4.99 Å². The molecule has 0 bridgehead atoms. The maximum absolute atomic E-state index is 13.9. The molecule has 0 saturated carbocycles. The van der Waals surface area contributed by atoms with Gasteiger partial charge in [-0.25, -0.2) is 4.39 Å². The Bertz CT molecular complexity index is 1110. The van der Waals surface area contributed by atoms with E-state index in [1.54, 1.807) is 12.3 Å². The standard InChI is InChI=1S/C22H18FN3/c1-12-7-8-17-20(18(12)10-24)13(2)14(3)26-21(17)16-9-15-5-4-6-19(23)22(15)25-11-16/h4-9,11,13-14H,1-3H3/t13-,14+/m1/s1. The second kappa shape index (κ2) is 6.03. The van der Waals surface area contributed by atoms with Crippen LogP contribution in [0.1, 0.15) is 47.6 Å². The molecule has 0 N–H and O–H groups in total. The van der Waals surface area contributed by atoms with Crippen molar-refractivity contribution in [2.45, 2.75) is 32.7 Å². The number of halogens is 1. The highest BCUT2D eigenvalue weighted by atomic mass is 19.1. The Morgan fingerprint density at radius 2 is 1.96 bits per heavy atom. The fraction of sp³-hybridized carbons (Fsp3) is 0.227. The van der Waals surface area contributed by atoms with Crippen LogP contribution in [0, 0.1) is 24.1 Å². The van der Waals surface area contributed by atoms with Crippen LogP contribution in [0.3, 0.4) is 0 Å². The third-order valence-corrected chi connectivity index (χ3v) is 5.27. The molecular formula is C22H18FN3. The zero-order valence-electron chi connectivity index (χ0n) is 14.9. The first-order chi connectivity index (χ1) is 12.5. The van der Waals surface area contributed by atoms with Gasteiger partial charge in [0, 0.05) is 28.6 Å². The summed E-state index contributed by atoms with van der Waals surface area (Å²) in [5.41, 5.74) is 5.74. The first kappa shape index (κ1) is 16.4. The quantitative estimate of drug-likeness (QED) is 0.631. The Hall–Kier alpha value is -3.06. The third-order valence-electron chi connectivity index (χ3n) is 5.27. The van der Waals surface area contributed by atoms with Crippen molar-refractivity contribution in [3.8, 4) is 6.07 Å². The van der Waals surface area contributed by atoms with E-state index in [9.17, 15) is 9.65 Å². The zero-order valence-corrected chi connectivity index (χ0v) is 14.9. The van der Waals surface area contributed by atoms with E-state index in [0.717, 1.165) is 38.9 Å². The molecule has 0 radical (unpaired) electrons. The van der Waals surface area contributed by atoms with Crippen molar-refractivity contribution < 1.29 is 4.39 Å². The molecule has 0 amide bonds. The van der Waals surface area contributed by atoms with Gasteiger partial charge in [-0.2, -0.15) is 5.26 Å². The predicted molar refractivity (Wildman–Crippen MR) is 101 cm³/mol. The van der Waals surface area contributed by atoms with Crippen molar-refractivity contribution in [2.24, 2.45) is 4.99 Å². The molecule has 1 aromatic heterocycles. The van der Waals surface area contributed by atoms with Crippen LogP contribution in [0.5, 0.6) is 0 Å². The summed E-state index contributed by atoms with van der Waals surface area (Å²) in [5.74, 6) is -0.168. The summed E-state index contributed by atoms with van der Waals surface area (Å²) in [7, 11) is 0. The predicted octanol–water partition coefficient (Wildman–Crippen LogP) is 4.90. The lowest BCUT2D eigenvalue weighted by molar-refractivity contribution is 0.604. The number of fused-ring (bicyclic) bond motifs is 2. The van der Waals surface area contributed by atoms with Gasteiger partial charge in [0.15, 0.2) is 0 Å². The van der Waals surface area contributed by atoms with Gasteiger partial charge in [0.05, 0.1) is 23.4 Å². The van der Waals surface area contributed by atoms with Gasteiger partial charge in [0.2, 0.25) is 0 Å². The number of para-hydroxylation sites is 1. The molecule has 26 heavy (non-hydrogen) atoms. The number of rotatable bonds is 1. The summed E-state index contributed by atoms with van der Waals surface area (Å²) >= 11 is 0. The molecule has 2 atom stereocenters. The molecule has 3 aromatic rings. The molecule has 128 valence electrons. The van der Waals surface area contributed by atoms with E-state index in [-0.39, 0.29) is 17.8 Å². The molecule has 0 fully saturated rings. The smallest absolute Gasteiger partial charge is 0.149 e. The first-order valence-corrected chi connectivity index (χ1v) is 8.67. The van der Waals surface area contributed by atoms with Gasteiger partial charge in [0.25, 0.3) is 0 Å². The van der Waals surface area contributed by atoms with E-state index in [0.29, 0.717) is 5.52 Å². The van der Waals surface area contributed by atoms with Crippen LogP contribution in [-0.4, -0.2) is 16.7 Å². The highest BCUT2D eigenvalue weighted by molar-refractivity contribution is 6.15. The maximum Gasteiger partial charge on any atom is 0.149 e. The van der Waals surface area contributed by atoms with Crippen molar-refractivity contribution in [3.63, 3.8) is 0 Å². The summed E-state index contributed by atoms with van der Waals surface area (Å²) in [4.78, 5) is 9.19. The Morgan fingerprint density at radius 3 is 2.73 bits per heavy atom. The van der Waals surface area contributed by atoms with Crippen molar-refractivity contribution in [1.29, 1.82) is 5.26 Å². The molecule has 4 rings (SSSR count). The summed E-state index contributed by atoms with van der Waals surface area (Å²) < 4.78 is 13.9. The van der Waals surface area contributed by atoms with Crippen molar-refractivity contribution in [1.82, 2.24) is 4.98 Å². The van der Waals surface area contributed by atoms with Crippen LogP contribution in [0.4, 0.5) is 4.39 Å². The summed E-state index contributed by atoms with van der Waals surface area (Å²) in [6, 6.07) is 13.3. The normalized spacial score (nSPS) is 19.0. The molecule has 3 nitrogen and oxygen atoms in total. The molecular weight excluding hydrogens is 325 g/mol. The van der Waals surface area contributed by atoms with Crippen molar-refractivity contribution in [3.05, 3.63) is 76.2 Å². The number of nitriles is 1. The van der Waals surface area contributed by atoms with Crippen LogP contribution in [0.2, 0.25) is 0 Å². The lowest BCUT2D eigenvalue weighted by atomic mass is 9.80. The lowest BCUT2D eigenvalue weighted by Gasteiger charge is -2.29. The average molecular weight is 343 g/mol. The van der Waals surface area contributed by atoms with E-state index >= 15 is 0 Å². The molecule has 0 spiro atoms. The van der Waals surface area contributed by atoms with Gasteiger partial charge in [-0.1, -0.05) is 31.2 Å². The Labute approximate surface area is 151 Å². The molecule has 0 aliphatic carbocycles. The van der Waals surface area contributed by atoms with Gasteiger partial charge in [0.1, 0.15) is 11.3 Å². The molecule has 2 aromatic carbocycles. The number of aromatic nitrogens is 1. The van der Waals surface area contributed by atoms with Crippen LogP contribution in [0.15, 0.2) is 47.6 Å². The fourth-order valence-corrected chi connectivity index (χ4v) is 3.67. The van der Waals surface area contributed by atoms with Gasteiger partial charge >= 0.3 is 0 Å². The highest BCUT2D eigenvalue weighted by Gasteiger charge is 2.29. The molecule has 1 aliphatic rings. The molecule has 1 aliphatic heterocycles. The number of hydrogen-bond donors (Lipinski definition) is 0. The van der Waals surface area contributed by atoms with E-state index in [2.05, 4.69) is 24.9 Å². The van der Waals surface area contributed by atoms with E-state index in [1.165, 1.54) is 6.07 Å². The average Bonchev–Trinajstić information content (AvgIpc) is 2.64. The maximum atomic E-state index is 13.9. The number of aliphatic imine (C=N–C) groups is 1. The fourth-order valence-electron chi connectivity index (χ4n) is 3.67. The van der Waals surface area contributed by atoms with Crippen LogP contribution in [0.25, 0.3) is 10.9 Å². The molecule has 0 unspecified atom stereocenters. The summed E-state index contributed by atoms with van der Waals surface area (Å²) in [6.07, 6.45) is 1.67. The molecule has 0 saturated heterocycles. The SMILES string of the molecule is Cc1ccc2c(c1C#N)[C@H](C)[C@H](C)N=C2c1cnc2c(F)cccc2c1. The number of pyridine rings is 1. The van der Waals surface area contributed by atoms with E-state index in [1.807, 2.05) is 31.2 Å².